The summed E-state index contributed by atoms with van der Waals surface area (Å²) >= 11 is 0. The van der Waals surface area contributed by atoms with Crippen molar-refractivity contribution in [3.8, 4) is 0 Å². The van der Waals surface area contributed by atoms with E-state index in [0.29, 0.717) is 5.56 Å². The zero-order valence-corrected chi connectivity index (χ0v) is 16.0. The maximum atomic E-state index is 12.7. The van der Waals surface area contributed by atoms with E-state index in [2.05, 4.69) is 4.79 Å². The van der Waals surface area contributed by atoms with Crippen LogP contribution in [0.4, 0.5) is 0 Å². The van der Waals surface area contributed by atoms with Crippen molar-refractivity contribution in [3.05, 3.63) is 83.4 Å². The smallest absolute Gasteiger partial charge is 0.359 e. The van der Waals surface area contributed by atoms with Gasteiger partial charge in [0.1, 0.15) is 0 Å². The van der Waals surface area contributed by atoms with Crippen molar-refractivity contribution in [2.75, 3.05) is 0 Å². The first-order valence-electron chi connectivity index (χ1n) is 7.98. The van der Waals surface area contributed by atoms with Crippen molar-refractivity contribution in [1.82, 2.24) is 0 Å². The third-order valence-electron chi connectivity index (χ3n) is 4.08. The van der Waals surface area contributed by atoms with Crippen LogP contribution in [0.25, 0.3) is 16.3 Å². The quantitative estimate of drug-likeness (QED) is 0.291. The Morgan fingerprint density at radius 3 is 2.15 bits per heavy atom. The van der Waals surface area contributed by atoms with Gasteiger partial charge >= 0.3 is 4.38 Å². The minimum atomic E-state index is -4.48. The van der Waals surface area contributed by atoms with Gasteiger partial charge in [-0.2, -0.15) is 0 Å². The molecule has 3 aromatic carbocycles. The van der Waals surface area contributed by atoms with Crippen molar-refractivity contribution < 1.29 is 21.6 Å². The lowest BCUT2D eigenvalue weighted by Crippen LogP contribution is -2.27. The second kappa shape index (κ2) is 7.08. The highest BCUT2D eigenvalue weighted by atomic mass is 32.3. The zero-order valence-electron chi connectivity index (χ0n) is 14.4. The Balaban J connectivity index is 2.00. The second-order valence-corrected chi connectivity index (χ2v) is 10.2. The molecule has 0 spiro atoms. The highest BCUT2D eigenvalue weighted by molar-refractivity contribution is 8.30. The van der Waals surface area contributed by atoms with Gasteiger partial charge in [-0.25, -0.2) is 16.8 Å². The zero-order chi connectivity index (χ0) is 19.7. The normalized spacial score (nSPS) is 11.9. The van der Waals surface area contributed by atoms with Crippen molar-refractivity contribution in [3.63, 3.8) is 0 Å². The molecule has 0 saturated carbocycles. The Kier molecular flexibility index (Phi) is 4.97. The molecule has 138 valence electrons. The molecule has 3 aromatic rings. The summed E-state index contributed by atoms with van der Waals surface area (Å²) in [5.41, 5.74) is 10.4. The van der Waals surface area contributed by atoms with E-state index >= 15 is 0 Å². The molecule has 0 aliphatic carbocycles. The number of nitrogens with zero attached hydrogens (tertiary/aromatic N) is 2. The number of benzene rings is 3. The number of fused-ring (bicyclic) bond motifs is 1. The van der Waals surface area contributed by atoms with Gasteiger partial charge < -0.3 is 5.53 Å². The number of hydrogen-bond acceptors (Lipinski definition) is 4. The van der Waals surface area contributed by atoms with E-state index in [9.17, 15) is 22.4 Å². The molecule has 0 unspecified atom stereocenters. The van der Waals surface area contributed by atoms with Gasteiger partial charge in [0.2, 0.25) is 0 Å². The molecule has 3 rings (SSSR count). The lowest BCUT2D eigenvalue weighted by molar-refractivity contribution is 0.00379. The van der Waals surface area contributed by atoms with E-state index in [1.54, 1.807) is 25.1 Å². The first-order chi connectivity index (χ1) is 12.7. The Labute approximate surface area is 157 Å². The Hall–Kier alpha value is -2.80. The van der Waals surface area contributed by atoms with Gasteiger partial charge in [-0.3, -0.25) is 0 Å². The van der Waals surface area contributed by atoms with Crippen LogP contribution in [0.5, 0.6) is 0 Å². The summed E-state index contributed by atoms with van der Waals surface area (Å²) in [4.78, 5) is 2.38. The first-order valence-corrected chi connectivity index (χ1v) is 11.1. The Bertz CT molecular complexity index is 1270. The van der Waals surface area contributed by atoms with Crippen LogP contribution >= 0.6 is 0 Å². The first kappa shape index (κ1) is 19.0. The van der Waals surface area contributed by atoms with Crippen LogP contribution in [0, 0.1) is 6.92 Å². The predicted octanol–water partition coefficient (Wildman–Crippen LogP) is 3.12. The third-order valence-corrected chi connectivity index (χ3v) is 8.26. The third kappa shape index (κ3) is 3.83. The van der Waals surface area contributed by atoms with Crippen LogP contribution in [0.3, 0.4) is 0 Å². The standard InChI is InChI=1S/C19H16N2O4S2/c1-14-6-10-18(11-7-14)27(24,25)19(21-20)26(22,23)13-15-8-9-16-4-2-3-5-17(16)12-15/h2-12H,13H2,1H3. The molecular weight excluding hydrogens is 384 g/mol. The van der Waals surface area contributed by atoms with E-state index < -0.39 is 29.8 Å². The van der Waals surface area contributed by atoms with E-state index in [1.165, 1.54) is 24.3 Å². The lowest BCUT2D eigenvalue weighted by Gasteiger charge is -2.05. The molecule has 0 aliphatic rings. The van der Waals surface area contributed by atoms with Crippen molar-refractivity contribution in [2.45, 2.75) is 17.6 Å². The molecule has 0 bridgehead atoms. The maximum absolute atomic E-state index is 12.7. The van der Waals surface area contributed by atoms with Gasteiger partial charge in [-0.05, 0) is 35.4 Å². The lowest BCUT2D eigenvalue weighted by atomic mass is 10.1. The molecule has 0 atom stereocenters. The molecule has 0 N–H and O–H groups in total. The molecular formula is C19H16N2O4S2. The molecule has 0 fully saturated rings. The van der Waals surface area contributed by atoms with Gasteiger partial charge in [-0.1, -0.05) is 60.2 Å². The molecule has 8 heteroatoms. The minimum Gasteiger partial charge on any atom is -0.359 e. The van der Waals surface area contributed by atoms with Gasteiger partial charge in [0.15, 0.2) is 0 Å². The summed E-state index contributed by atoms with van der Waals surface area (Å²) in [7, 11) is -8.87. The van der Waals surface area contributed by atoms with Crippen molar-refractivity contribution in [2.24, 2.45) is 0 Å². The van der Waals surface area contributed by atoms with E-state index in [-0.39, 0.29) is 4.90 Å². The largest absolute Gasteiger partial charge is 0.499 e. The Morgan fingerprint density at radius 1 is 0.889 bits per heavy atom. The summed E-state index contributed by atoms with van der Waals surface area (Å²) in [6, 6.07) is 18.1. The SMILES string of the molecule is Cc1ccc(S(=O)(=O)C(=[N+]=[N-])S(=O)(=O)Cc2ccc3ccccc3c2)cc1. The molecule has 27 heavy (non-hydrogen) atoms. The molecule has 0 aromatic heterocycles. The van der Waals surface area contributed by atoms with Crippen molar-refractivity contribution in [1.29, 1.82) is 0 Å². The summed E-state index contributed by atoms with van der Waals surface area (Å²) in [6.07, 6.45) is 0. The average Bonchev–Trinajstić information content (AvgIpc) is 2.61. The highest BCUT2D eigenvalue weighted by Crippen LogP contribution is 2.21. The topological polar surface area (TPSA) is 105 Å². The van der Waals surface area contributed by atoms with Crippen LogP contribution in [0.1, 0.15) is 11.1 Å². The average molecular weight is 400 g/mol. The Morgan fingerprint density at radius 2 is 1.52 bits per heavy atom. The van der Waals surface area contributed by atoms with Gasteiger partial charge in [0.05, 0.1) is 10.6 Å². The summed E-state index contributed by atoms with van der Waals surface area (Å²) in [6.45, 7) is 1.77. The number of rotatable bonds is 3. The molecule has 0 heterocycles. The molecule has 0 amide bonds. The monoisotopic (exact) mass is 400 g/mol. The number of hydrogen-bond donors (Lipinski definition) is 0. The molecule has 0 aliphatic heterocycles. The fourth-order valence-electron chi connectivity index (χ4n) is 2.71. The predicted molar refractivity (Wildman–Crippen MR) is 104 cm³/mol. The molecule has 0 radical (unpaired) electrons. The summed E-state index contributed by atoms with van der Waals surface area (Å²) in [5, 5.41) is 1.76. The highest BCUT2D eigenvalue weighted by Gasteiger charge is 2.42. The van der Waals surface area contributed by atoms with Crippen LogP contribution in [-0.4, -0.2) is 26.0 Å². The van der Waals surface area contributed by atoms with E-state index in [4.69, 9.17) is 0 Å². The van der Waals surface area contributed by atoms with Crippen LogP contribution in [0.15, 0.2) is 71.6 Å². The minimum absolute atomic E-state index is 0.247. The van der Waals surface area contributed by atoms with E-state index in [0.717, 1.165) is 16.3 Å². The fourth-order valence-corrected chi connectivity index (χ4v) is 6.18. The van der Waals surface area contributed by atoms with Gasteiger partial charge in [0, 0.05) is 0 Å². The second-order valence-electron chi connectivity index (χ2n) is 6.12. The van der Waals surface area contributed by atoms with E-state index in [1.807, 2.05) is 24.3 Å². The van der Waals surface area contributed by atoms with Gasteiger partial charge in [-0.15, -0.1) is 4.79 Å². The number of aryl methyl sites for hydroxylation is 1. The van der Waals surface area contributed by atoms with Crippen molar-refractivity contribution >= 4 is 34.8 Å². The maximum Gasteiger partial charge on any atom is 0.499 e. The summed E-state index contributed by atoms with van der Waals surface area (Å²) < 4.78 is 49.4. The van der Waals surface area contributed by atoms with Crippen LogP contribution in [0.2, 0.25) is 0 Å². The summed E-state index contributed by atoms with van der Waals surface area (Å²) in [5.74, 6) is -0.595. The van der Waals surface area contributed by atoms with Crippen LogP contribution in [-0.2, 0) is 25.4 Å². The fraction of sp³-hybridized carbons (Fsp3) is 0.105. The molecule has 6 nitrogen and oxygen atoms in total. The van der Waals surface area contributed by atoms with Crippen LogP contribution < -0.4 is 0 Å². The molecule has 0 saturated heterocycles. The van der Waals surface area contributed by atoms with Gasteiger partial charge in [0.25, 0.3) is 19.7 Å². The number of sulfone groups is 2.